The summed E-state index contributed by atoms with van der Waals surface area (Å²) in [6.07, 6.45) is -2.41. The Kier molecular flexibility index (Phi) is 5.90. The molecule has 30 heavy (non-hydrogen) atoms. The maximum Gasteiger partial charge on any atom is 0.418 e. The Morgan fingerprint density at radius 3 is 2.60 bits per heavy atom. The quantitative estimate of drug-likeness (QED) is 0.628. The van der Waals surface area contributed by atoms with E-state index in [4.69, 9.17) is 4.74 Å². The predicted octanol–water partition coefficient (Wildman–Crippen LogP) is 4.10. The monoisotopic (exact) mass is 423 g/mol. The predicted molar refractivity (Wildman–Crippen MR) is 99.8 cm³/mol. The van der Waals surface area contributed by atoms with Crippen LogP contribution in [0.1, 0.15) is 11.1 Å². The Hall–Kier alpha value is -3.63. The molecule has 0 saturated carbocycles. The minimum absolute atomic E-state index is 0.0376. The average Bonchev–Trinajstić information content (AvgIpc) is 3.22. The zero-order chi connectivity index (χ0) is 21.9. The van der Waals surface area contributed by atoms with E-state index in [0.717, 1.165) is 23.4 Å². The number of methoxy groups -OCH3 is 1. The third kappa shape index (κ3) is 4.67. The van der Waals surface area contributed by atoms with Gasteiger partial charge in [0.2, 0.25) is 0 Å². The second-order valence-corrected chi connectivity index (χ2v) is 6.32. The summed E-state index contributed by atoms with van der Waals surface area (Å²) < 4.78 is 60.0. The van der Waals surface area contributed by atoms with Gasteiger partial charge in [-0.3, -0.25) is 0 Å². The number of amides is 2. The number of aromatic nitrogens is 3. The van der Waals surface area contributed by atoms with Gasteiger partial charge in [0.15, 0.2) is 11.6 Å². The van der Waals surface area contributed by atoms with Gasteiger partial charge in [-0.05, 0) is 35.9 Å². The van der Waals surface area contributed by atoms with Gasteiger partial charge in [-0.25, -0.2) is 18.9 Å². The number of alkyl halides is 3. The topological polar surface area (TPSA) is 72.3 Å². The van der Waals surface area contributed by atoms with Gasteiger partial charge in [0.1, 0.15) is 12.7 Å². The lowest BCUT2D eigenvalue weighted by Crippen LogP contribution is -2.31. The highest BCUT2D eigenvalue weighted by atomic mass is 19.4. The Morgan fingerprint density at radius 1 is 1.23 bits per heavy atom. The standard InChI is InChI=1S/C19H17F4N5O2/c1-27(9-12-3-6-17(30-2)15(20)7-12)18(29)26-13-4-5-16(28-11-24-10-25-28)14(8-13)19(21,22)23/h3-8,10-11H,9H2,1-2H3,(H,26,29). The first kappa shape index (κ1) is 21.1. The molecule has 0 atom stereocenters. The van der Waals surface area contributed by atoms with Crippen LogP contribution in [0.5, 0.6) is 5.75 Å². The van der Waals surface area contributed by atoms with Gasteiger partial charge < -0.3 is 15.0 Å². The molecular weight excluding hydrogens is 406 g/mol. The van der Waals surface area contributed by atoms with Gasteiger partial charge in [0.05, 0.1) is 18.4 Å². The fraction of sp³-hybridized carbons (Fsp3) is 0.211. The molecule has 2 aromatic carbocycles. The summed E-state index contributed by atoms with van der Waals surface area (Å²) in [5, 5.41) is 6.12. The molecule has 0 aliphatic rings. The van der Waals surface area contributed by atoms with E-state index >= 15 is 0 Å². The average molecular weight is 423 g/mol. The number of nitrogens with zero attached hydrogens (tertiary/aromatic N) is 4. The summed E-state index contributed by atoms with van der Waals surface area (Å²) in [4.78, 5) is 17.2. The molecule has 0 spiro atoms. The van der Waals surface area contributed by atoms with Gasteiger partial charge in [-0.2, -0.15) is 18.3 Å². The first-order valence-corrected chi connectivity index (χ1v) is 8.60. The lowest BCUT2D eigenvalue weighted by molar-refractivity contribution is -0.137. The zero-order valence-corrected chi connectivity index (χ0v) is 15.9. The number of hydrogen-bond acceptors (Lipinski definition) is 4. The van der Waals surface area contributed by atoms with Crippen LogP contribution < -0.4 is 10.1 Å². The van der Waals surface area contributed by atoms with Crippen LogP contribution in [0, 0.1) is 5.82 Å². The molecule has 1 aromatic heterocycles. The van der Waals surface area contributed by atoms with Crippen LogP contribution >= 0.6 is 0 Å². The van der Waals surface area contributed by atoms with Gasteiger partial charge in [-0.15, -0.1) is 0 Å². The van der Waals surface area contributed by atoms with E-state index in [1.165, 1.54) is 43.3 Å². The van der Waals surface area contributed by atoms with Crippen LogP contribution in [0.4, 0.5) is 28.0 Å². The van der Waals surface area contributed by atoms with Crippen molar-refractivity contribution in [1.29, 1.82) is 0 Å². The number of nitrogens with one attached hydrogen (secondary N) is 1. The highest BCUT2D eigenvalue weighted by molar-refractivity contribution is 5.89. The third-order valence-electron chi connectivity index (χ3n) is 4.20. The summed E-state index contributed by atoms with van der Waals surface area (Å²) in [6.45, 7) is 0.0376. The van der Waals surface area contributed by atoms with Crippen LogP contribution in [-0.2, 0) is 12.7 Å². The number of rotatable bonds is 5. The van der Waals surface area contributed by atoms with Crippen molar-refractivity contribution in [3.05, 3.63) is 66.0 Å². The van der Waals surface area contributed by atoms with Crippen molar-refractivity contribution < 1.29 is 27.1 Å². The van der Waals surface area contributed by atoms with E-state index in [2.05, 4.69) is 15.4 Å². The number of anilines is 1. The van der Waals surface area contributed by atoms with E-state index in [1.54, 1.807) is 6.07 Å². The van der Waals surface area contributed by atoms with Crippen LogP contribution in [0.25, 0.3) is 5.69 Å². The number of urea groups is 1. The fourth-order valence-corrected chi connectivity index (χ4v) is 2.75. The molecule has 0 radical (unpaired) electrons. The molecule has 3 aromatic rings. The number of ether oxygens (including phenoxy) is 1. The summed E-state index contributed by atoms with van der Waals surface area (Å²) in [7, 11) is 2.77. The largest absolute Gasteiger partial charge is 0.494 e. The van der Waals surface area contributed by atoms with Crippen molar-refractivity contribution in [2.24, 2.45) is 0 Å². The third-order valence-corrected chi connectivity index (χ3v) is 4.20. The van der Waals surface area contributed by atoms with Crippen molar-refractivity contribution in [2.75, 3.05) is 19.5 Å². The Labute approximate surface area is 168 Å². The molecule has 0 aliphatic heterocycles. The van der Waals surface area contributed by atoms with Gasteiger partial charge in [0.25, 0.3) is 0 Å². The van der Waals surface area contributed by atoms with Crippen molar-refractivity contribution in [3.8, 4) is 11.4 Å². The first-order valence-electron chi connectivity index (χ1n) is 8.60. The second kappa shape index (κ2) is 8.39. The molecule has 158 valence electrons. The Bertz CT molecular complexity index is 1040. The normalized spacial score (nSPS) is 11.3. The number of carbonyl (C=O) groups is 1. The SMILES string of the molecule is COc1ccc(CN(C)C(=O)Nc2ccc(-n3cncn3)c(C(F)(F)F)c2)cc1F. The lowest BCUT2D eigenvalue weighted by atomic mass is 10.1. The van der Waals surface area contributed by atoms with Crippen LogP contribution in [0.2, 0.25) is 0 Å². The maximum atomic E-state index is 13.8. The van der Waals surface area contributed by atoms with Crippen molar-refractivity contribution in [1.82, 2.24) is 19.7 Å². The van der Waals surface area contributed by atoms with Crippen LogP contribution in [0.15, 0.2) is 49.1 Å². The summed E-state index contributed by atoms with van der Waals surface area (Å²) in [5.74, 6) is -0.514. The van der Waals surface area contributed by atoms with E-state index in [0.29, 0.717) is 5.56 Å². The molecule has 0 bridgehead atoms. The maximum absolute atomic E-state index is 13.8. The summed E-state index contributed by atoms with van der Waals surface area (Å²) in [5.41, 5.74) is -0.766. The van der Waals surface area contributed by atoms with Crippen molar-refractivity contribution in [2.45, 2.75) is 12.7 Å². The van der Waals surface area contributed by atoms with Gasteiger partial charge >= 0.3 is 12.2 Å². The number of halogens is 4. The van der Waals surface area contributed by atoms with E-state index in [-0.39, 0.29) is 23.7 Å². The molecule has 7 nitrogen and oxygen atoms in total. The van der Waals surface area contributed by atoms with Crippen LogP contribution in [-0.4, -0.2) is 39.9 Å². The Morgan fingerprint density at radius 2 is 2.00 bits per heavy atom. The summed E-state index contributed by atoms with van der Waals surface area (Å²) >= 11 is 0. The second-order valence-electron chi connectivity index (χ2n) is 6.32. The van der Waals surface area contributed by atoms with Gasteiger partial charge in [-0.1, -0.05) is 6.07 Å². The van der Waals surface area contributed by atoms with E-state index in [9.17, 15) is 22.4 Å². The molecule has 1 heterocycles. The molecular formula is C19H17F4N5O2. The molecule has 0 unspecified atom stereocenters. The number of benzene rings is 2. The smallest absolute Gasteiger partial charge is 0.418 e. The summed E-state index contributed by atoms with van der Waals surface area (Å²) in [6, 6.07) is 6.90. The highest BCUT2D eigenvalue weighted by Crippen LogP contribution is 2.35. The molecule has 0 fully saturated rings. The van der Waals surface area contributed by atoms with Gasteiger partial charge in [0, 0.05) is 19.3 Å². The fourth-order valence-electron chi connectivity index (χ4n) is 2.75. The zero-order valence-electron chi connectivity index (χ0n) is 15.9. The first-order chi connectivity index (χ1) is 14.2. The molecule has 2 amide bonds. The Balaban J connectivity index is 1.76. The van der Waals surface area contributed by atoms with E-state index in [1.807, 2.05) is 0 Å². The minimum Gasteiger partial charge on any atom is -0.494 e. The van der Waals surface area contributed by atoms with Crippen molar-refractivity contribution in [3.63, 3.8) is 0 Å². The van der Waals surface area contributed by atoms with Crippen LogP contribution in [0.3, 0.4) is 0 Å². The molecule has 3 rings (SSSR count). The molecule has 0 aliphatic carbocycles. The number of carbonyl (C=O) groups excluding carboxylic acids is 1. The molecule has 0 saturated heterocycles. The molecule has 1 N–H and O–H groups in total. The van der Waals surface area contributed by atoms with Crippen molar-refractivity contribution >= 4 is 11.7 Å². The highest BCUT2D eigenvalue weighted by Gasteiger charge is 2.34. The molecule has 11 heteroatoms. The number of hydrogen-bond donors (Lipinski definition) is 1. The van der Waals surface area contributed by atoms with E-state index < -0.39 is 23.6 Å². The lowest BCUT2D eigenvalue weighted by Gasteiger charge is -2.20. The minimum atomic E-state index is -4.67.